The van der Waals surface area contributed by atoms with E-state index < -0.39 is 22.5 Å². The van der Waals surface area contributed by atoms with Crippen molar-refractivity contribution in [3.8, 4) is 0 Å². The molecule has 0 heterocycles. The summed E-state index contributed by atoms with van der Waals surface area (Å²) >= 11 is 3.15. The molecule has 0 radical (unpaired) electrons. The van der Waals surface area contributed by atoms with Crippen molar-refractivity contribution in [2.75, 3.05) is 5.32 Å². The molecular weight excluding hydrogens is 311 g/mol. The third-order valence-electron chi connectivity index (χ3n) is 2.33. The number of hydrogen-bond donors (Lipinski definition) is 1. The number of carbonyl (C=O) groups is 1. The molecular formula is C12H13BrF3NO. The van der Waals surface area contributed by atoms with Crippen molar-refractivity contribution in [1.82, 2.24) is 0 Å². The minimum atomic E-state index is -4.48. The Bertz CT molecular complexity index is 432. The predicted molar refractivity (Wildman–Crippen MR) is 67.6 cm³/mol. The van der Waals surface area contributed by atoms with Crippen molar-refractivity contribution in [2.24, 2.45) is 5.92 Å². The summed E-state index contributed by atoms with van der Waals surface area (Å²) in [6.07, 6.45) is -4.48. The summed E-state index contributed by atoms with van der Waals surface area (Å²) in [5, 5.41) is 2.29. The van der Waals surface area contributed by atoms with E-state index in [1.165, 1.54) is 18.2 Å². The first-order valence-electron chi connectivity index (χ1n) is 5.34. The number of hydrogen-bond acceptors (Lipinski definition) is 1. The second-order valence-electron chi connectivity index (χ2n) is 4.18. The SMILES string of the molecule is CC(C)C(Br)C(=O)Nc1ccccc1C(F)(F)F. The van der Waals surface area contributed by atoms with Gasteiger partial charge in [0.05, 0.1) is 16.1 Å². The standard InChI is InChI=1S/C12H13BrF3NO/c1-7(2)10(13)11(18)17-9-6-4-3-5-8(9)12(14,15)16/h3-7,10H,1-2H3,(H,17,18). The lowest BCUT2D eigenvalue weighted by molar-refractivity contribution is -0.137. The van der Waals surface area contributed by atoms with Crippen LogP contribution in [0.4, 0.5) is 18.9 Å². The van der Waals surface area contributed by atoms with Crippen LogP contribution in [0.15, 0.2) is 24.3 Å². The molecule has 1 atom stereocenters. The van der Waals surface area contributed by atoms with E-state index in [1.807, 2.05) is 0 Å². The average Bonchev–Trinajstić information content (AvgIpc) is 2.27. The van der Waals surface area contributed by atoms with Crippen LogP contribution in [0.3, 0.4) is 0 Å². The molecule has 0 fully saturated rings. The maximum Gasteiger partial charge on any atom is 0.418 e. The first-order valence-corrected chi connectivity index (χ1v) is 6.26. The number of nitrogens with one attached hydrogen (secondary N) is 1. The lowest BCUT2D eigenvalue weighted by Crippen LogP contribution is -2.28. The van der Waals surface area contributed by atoms with Gasteiger partial charge in [0.2, 0.25) is 5.91 Å². The highest BCUT2D eigenvalue weighted by Crippen LogP contribution is 2.34. The van der Waals surface area contributed by atoms with E-state index >= 15 is 0 Å². The van der Waals surface area contributed by atoms with Crippen molar-refractivity contribution in [1.29, 1.82) is 0 Å². The van der Waals surface area contributed by atoms with Gasteiger partial charge in [0.1, 0.15) is 0 Å². The second-order valence-corrected chi connectivity index (χ2v) is 5.16. The van der Waals surface area contributed by atoms with Gasteiger partial charge in [-0.05, 0) is 18.1 Å². The fourth-order valence-electron chi connectivity index (χ4n) is 1.34. The van der Waals surface area contributed by atoms with Crippen molar-refractivity contribution in [3.63, 3.8) is 0 Å². The molecule has 0 saturated heterocycles. The van der Waals surface area contributed by atoms with Crippen LogP contribution in [0, 0.1) is 5.92 Å². The molecule has 1 N–H and O–H groups in total. The minimum Gasteiger partial charge on any atom is -0.325 e. The zero-order chi connectivity index (χ0) is 13.9. The number of rotatable bonds is 3. The topological polar surface area (TPSA) is 29.1 Å². The summed E-state index contributed by atoms with van der Waals surface area (Å²) in [5.74, 6) is -0.496. The van der Waals surface area contributed by atoms with Gasteiger partial charge >= 0.3 is 6.18 Å². The fourth-order valence-corrected chi connectivity index (χ4v) is 1.46. The van der Waals surface area contributed by atoms with Crippen LogP contribution in [-0.4, -0.2) is 10.7 Å². The lowest BCUT2D eigenvalue weighted by Gasteiger charge is -2.17. The molecule has 100 valence electrons. The Labute approximate surface area is 112 Å². The van der Waals surface area contributed by atoms with E-state index in [0.29, 0.717) is 0 Å². The van der Waals surface area contributed by atoms with Crippen LogP contribution in [-0.2, 0) is 11.0 Å². The van der Waals surface area contributed by atoms with Crippen molar-refractivity contribution in [2.45, 2.75) is 24.9 Å². The zero-order valence-corrected chi connectivity index (χ0v) is 11.5. The highest BCUT2D eigenvalue weighted by Gasteiger charge is 2.34. The number of anilines is 1. The number of halogens is 4. The first kappa shape index (κ1) is 15.0. The van der Waals surface area contributed by atoms with Crippen LogP contribution < -0.4 is 5.32 Å². The third kappa shape index (κ3) is 3.73. The smallest absolute Gasteiger partial charge is 0.325 e. The maximum absolute atomic E-state index is 12.7. The van der Waals surface area contributed by atoms with Crippen molar-refractivity contribution >= 4 is 27.5 Å². The molecule has 1 unspecified atom stereocenters. The molecule has 0 spiro atoms. The van der Waals surface area contributed by atoms with Crippen molar-refractivity contribution < 1.29 is 18.0 Å². The first-order chi connectivity index (χ1) is 8.23. The summed E-state index contributed by atoms with van der Waals surface area (Å²) in [6.45, 7) is 3.60. The van der Waals surface area contributed by atoms with Gasteiger partial charge < -0.3 is 5.32 Å². The van der Waals surface area contributed by atoms with Gasteiger partial charge in [-0.3, -0.25) is 4.79 Å². The Hall–Kier alpha value is -1.04. The lowest BCUT2D eigenvalue weighted by atomic mass is 10.1. The molecule has 0 aliphatic rings. The average molecular weight is 324 g/mol. The zero-order valence-electron chi connectivity index (χ0n) is 9.88. The number of alkyl halides is 4. The minimum absolute atomic E-state index is 0.0111. The Balaban J connectivity index is 2.95. The van der Waals surface area contributed by atoms with Crippen LogP contribution in [0.2, 0.25) is 0 Å². The van der Waals surface area contributed by atoms with E-state index in [4.69, 9.17) is 0 Å². The Kier molecular flexibility index (Phi) is 4.78. The summed E-state index contributed by atoms with van der Waals surface area (Å²) in [5.41, 5.74) is -1.07. The van der Waals surface area contributed by atoms with E-state index in [-0.39, 0.29) is 11.6 Å². The quantitative estimate of drug-likeness (QED) is 0.835. The van der Waals surface area contributed by atoms with E-state index in [2.05, 4.69) is 21.2 Å². The van der Waals surface area contributed by atoms with Crippen LogP contribution in [0.5, 0.6) is 0 Å². The molecule has 1 rings (SSSR count). The molecule has 1 aromatic rings. The van der Waals surface area contributed by atoms with Gasteiger partial charge in [-0.2, -0.15) is 13.2 Å². The molecule has 18 heavy (non-hydrogen) atoms. The van der Waals surface area contributed by atoms with Crippen LogP contribution in [0.25, 0.3) is 0 Å². The number of amides is 1. The molecule has 2 nitrogen and oxygen atoms in total. The van der Waals surface area contributed by atoms with Crippen LogP contribution in [0.1, 0.15) is 19.4 Å². The molecule has 1 amide bonds. The summed E-state index contributed by atoms with van der Waals surface area (Å²) < 4.78 is 38.1. The highest BCUT2D eigenvalue weighted by atomic mass is 79.9. The van der Waals surface area contributed by atoms with Crippen molar-refractivity contribution in [3.05, 3.63) is 29.8 Å². The molecule has 6 heteroatoms. The number of carbonyl (C=O) groups excluding carboxylic acids is 1. The predicted octanol–water partition coefficient (Wildman–Crippen LogP) is 4.06. The number of benzene rings is 1. The third-order valence-corrected chi connectivity index (χ3v) is 3.80. The van der Waals surface area contributed by atoms with Gasteiger partial charge in [-0.25, -0.2) is 0 Å². The van der Waals surface area contributed by atoms with Gasteiger partial charge in [-0.15, -0.1) is 0 Å². The number of para-hydroxylation sites is 1. The molecule has 0 aliphatic carbocycles. The van der Waals surface area contributed by atoms with Gasteiger partial charge in [0.25, 0.3) is 0 Å². The summed E-state index contributed by atoms with van der Waals surface area (Å²) in [4.78, 5) is 11.2. The highest BCUT2D eigenvalue weighted by molar-refractivity contribution is 9.10. The molecule has 0 aliphatic heterocycles. The molecule has 1 aromatic carbocycles. The van der Waals surface area contributed by atoms with E-state index in [1.54, 1.807) is 13.8 Å². The van der Waals surface area contributed by atoms with Crippen LogP contribution >= 0.6 is 15.9 Å². The summed E-state index contributed by atoms with van der Waals surface area (Å²) in [7, 11) is 0. The second kappa shape index (κ2) is 5.73. The van der Waals surface area contributed by atoms with Gasteiger partial charge in [0, 0.05) is 0 Å². The van der Waals surface area contributed by atoms with Gasteiger partial charge in [0.15, 0.2) is 0 Å². The Morgan fingerprint density at radius 2 is 1.83 bits per heavy atom. The van der Waals surface area contributed by atoms with Gasteiger partial charge in [-0.1, -0.05) is 41.9 Å². The molecule has 0 aromatic heterocycles. The normalized spacial score (nSPS) is 13.5. The van der Waals surface area contributed by atoms with E-state index in [9.17, 15) is 18.0 Å². The Morgan fingerprint density at radius 3 is 2.33 bits per heavy atom. The maximum atomic E-state index is 12.7. The molecule has 0 saturated carbocycles. The largest absolute Gasteiger partial charge is 0.418 e. The summed E-state index contributed by atoms with van der Waals surface area (Å²) in [6, 6.07) is 4.91. The Morgan fingerprint density at radius 1 is 1.28 bits per heavy atom. The monoisotopic (exact) mass is 323 g/mol. The van der Waals surface area contributed by atoms with E-state index in [0.717, 1.165) is 6.07 Å². The molecule has 0 bridgehead atoms. The fraction of sp³-hybridized carbons (Fsp3) is 0.417.